The molecule has 10 heteroatoms. The topological polar surface area (TPSA) is 92.5 Å². The van der Waals surface area contributed by atoms with Gasteiger partial charge in [-0.25, -0.2) is 17.7 Å². The second-order valence-electron chi connectivity index (χ2n) is 6.15. The van der Waals surface area contributed by atoms with Gasteiger partial charge in [-0.15, -0.1) is 0 Å². The molecular weight excluding hydrogens is 466 g/mol. The molecule has 3 aromatic rings. The Kier molecular flexibility index (Phi) is 6.13. The van der Waals surface area contributed by atoms with E-state index in [2.05, 4.69) is 26.2 Å². The number of fused-ring (bicyclic) bond motifs is 1. The summed E-state index contributed by atoms with van der Waals surface area (Å²) in [4.78, 5) is 16.8. The van der Waals surface area contributed by atoms with Crippen LogP contribution in [0.1, 0.15) is 6.92 Å². The van der Waals surface area contributed by atoms with Crippen LogP contribution < -0.4 is 5.32 Å². The highest BCUT2D eigenvalue weighted by Gasteiger charge is 2.21. The number of carbonyl (C=O) groups is 1. The molecule has 0 saturated heterocycles. The lowest BCUT2D eigenvalue weighted by Crippen LogP contribution is -2.22. The summed E-state index contributed by atoms with van der Waals surface area (Å²) in [6.45, 7) is 1.75. The molecule has 0 saturated carbocycles. The van der Waals surface area contributed by atoms with Gasteiger partial charge in [-0.3, -0.25) is 4.79 Å². The third kappa shape index (κ3) is 4.57. The summed E-state index contributed by atoms with van der Waals surface area (Å²) in [7, 11) is -0.621. The number of nitrogens with zero attached hydrogens (tertiary/aromatic N) is 2. The first-order valence-electron chi connectivity index (χ1n) is 8.23. The lowest BCUT2D eigenvalue weighted by Gasteiger charge is -2.10. The van der Waals surface area contributed by atoms with Crippen molar-refractivity contribution < 1.29 is 17.6 Å². The molecule has 3 rings (SSSR count). The minimum absolute atomic E-state index is 0.135. The van der Waals surface area contributed by atoms with Crippen LogP contribution >= 0.6 is 27.7 Å². The van der Waals surface area contributed by atoms with Crippen LogP contribution in [0.5, 0.6) is 0 Å². The number of aromatic nitrogens is 1. The maximum atomic E-state index is 12.4. The maximum Gasteiger partial charge on any atom is 0.257 e. The molecule has 1 N–H and O–H groups in total. The Labute approximate surface area is 175 Å². The van der Waals surface area contributed by atoms with E-state index in [4.69, 9.17) is 4.42 Å². The Morgan fingerprint density at radius 2 is 1.89 bits per heavy atom. The van der Waals surface area contributed by atoms with Crippen LogP contribution in [0.2, 0.25) is 0 Å². The Bertz CT molecular complexity index is 1110. The quantitative estimate of drug-likeness (QED) is 0.533. The van der Waals surface area contributed by atoms with E-state index in [1.54, 1.807) is 25.1 Å². The molecule has 28 heavy (non-hydrogen) atoms. The second kappa shape index (κ2) is 8.24. The summed E-state index contributed by atoms with van der Waals surface area (Å²) in [6, 6.07) is 11.8. The normalized spacial score (nSPS) is 13.0. The van der Waals surface area contributed by atoms with Gasteiger partial charge in [0.25, 0.3) is 5.22 Å². The van der Waals surface area contributed by atoms with E-state index in [1.165, 1.54) is 26.2 Å². The molecule has 0 aliphatic rings. The minimum Gasteiger partial charge on any atom is -0.431 e. The molecule has 0 aliphatic heterocycles. The molecule has 1 amide bonds. The number of hydrogen-bond acceptors (Lipinski definition) is 6. The van der Waals surface area contributed by atoms with Gasteiger partial charge in [-0.05, 0) is 49.4 Å². The van der Waals surface area contributed by atoms with Crippen LogP contribution in [0.15, 0.2) is 61.5 Å². The zero-order valence-corrected chi connectivity index (χ0v) is 18.6. The summed E-state index contributed by atoms with van der Waals surface area (Å²) >= 11 is 4.51. The Hall–Kier alpha value is -1.88. The standard InChI is InChI=1S/C18H18BrN3O4S2/c1-11(17(23)20-13-6-4-12(19)5-7-13)27-18-21-15-10-14(8-9-16(15)26-18)28(24,25)22(2)3/h4-11H,1-3H3,(H,20,23). The van der Waals surface area contributed by atoms with Crippen molar-refractivity contribution in [3.8, 4) is 0 Å². The maximum absolute atomic E-state index is 12.4. The number of nitrogens with one attached hydrogen (secondary N) is 1. The van der Waals surface area contributed by atoms with Crippen molar-refractivity contribution in [1.82, 2.24) is 9.29 Å². The van der Waals surface area contributed by atoms with E-state index in [0.717, 1.165) is 20.5 Å². The summed E-state index contributed by atoms with van der Waals surface area (Å²) in [6.07, 6.45) is 0. The number of thioether (sulfide) groups is 1. The first kappa shape index (κ1) is 20.8. The van der Waals surface area contributed by atoms with Crippen LogP contribution in [0, 0.1) is 0 Å². The third-order valence-electron chi connectivity index (χ3n) is 3.88. The van der Waals surface area contributed by atoms with Gasteiger partial charge in [-0.1, -0.05) is 27.7 Å². The van der Waals surface area contributed by atoms with Gasteiger partial charge in [0.05, 0.1) is 10.1 Å². The Morgan fingerprint density at radius 3 is 2.54 bits per heavy atom. The second-order valence-corrected chi connectivity index (χ2v) is 10.5. The van der Waals surface area contributed by atoms with Crippen molar-refractivity contribution in [3.63, 3.8) is 0 Å². The van der Waals surface area contributed by atoms with Gasteiger partial charge < -0.3 is 9.73 Å². The molecule has 0 fully saturated rings. The number of carbonyl (C=O) groups excluding carboxylic acids is 1. The molecule has 2 aromatic carbocycles. The summed E-state index contributed by atoms with van der Waals surface area (Å²) in [5.74, 6) is -0.189. The molecule has 0 bridgehead atoms. The average molecular weight is 484 g/mol. The fourth-order valence-corrected chi connectivity index (χ4v) is 4.23. The van der Waals surface area contributed by atoms with E-state index in [1.807, 2.05) is 12.1 Å². The SMILES string of the molecule is CC(Sc1nc2cc(S(=O)(=O)N(C)C)ccc2o1)C(=O)Nc1ccc(Br)cc1. The molecule has 7 nitrogen and oxygen atoms in total. The highest BCUT2D eigenvalue weighted by molar-refractivity contribution is 9.10. The summed E-state index contributed by atoms with van der Waals surface area (Å²) in [5.41, 5.74) is 1.57. The van der Waals surface area contributed by atoms with Crippen LogP contribution in [0.3, 0.4) is 0 Å². The summed E-state index contributed by atoms with van der Waals surface area (Å²) < 4.78 is 32.2. The molecular formula is C18H18BrN3O4S2. The number of rotatable bonds is 6. The van der Waals surface area contributed by atoms with Gasteiger partial charge in [-0.2, -0.15) is 0 Å². The molecule has 148 valence electrons. The fourth-order valence-electron chi connectivity index (χ4n) is 2.29. The van der Waals surface area contributed by atoms with Crippen molar-refractivity contribution in [1.29, 1.82) is 0 Å². The van der Waals surface area contributed by atoms with Crippen molar-refractivity contribution in [2.45, 2.75) is 22.3 Å². The van der Waals surface area contributed by atoms with Gasteiger partial charge in [0.15, 0.2) is 5.58 Å². The number of anilines is 1. The first-order chi connectivity index (χ1) is 13.2. The molecule has 0 aliphatic carbocycles. The Morgan fingerprint density at radius 1 is 1.21 bits per heavy atom. The number of sulfonamides is 1. The number of hydrogen-bond donors (Lipinski definition) is 1. The van der Waals surface area contributed by atoms with Crippen molar-refractivity contribution in [2.75, 3.05) is 19.4 Å². The van der Waals surface area contributed by atoms with E-state index in [0.29, 0.717) is 22.0 Å². The number of halogens is 1. The monoisotopic (exact) mass is 483 g/mol. The van der Waals surface area contributed by atoms with Gasteiger partial charge >= 0.3 is 0 Å². The number of benzene rings is 2. The molecule has 1 atom stereocenters. The van der Waals surface area contributed by atoms with Crippen molar-refractivity contribution in [3.05, 3.63) is 46.9 Å². The molecule has 1 heterocycles. The molecule has 1 unspecified atom stereocenters. The van der Waals surface area contributed by atoms with Crippen molar-refractivity contribution >= 4 is 60.4 Å². The average Bonchev–Trinajstić information content (AvgIpc) is 3.04. The van der Waals surface area contributed by atoms with Crippen LogP contribution in [-0.2, 0) is 14.8 Å². The lowest BCUT2D eigenvalue weighted by atomic mass is 10.3. The fraction of sp³-hybridized carbons (Fsp3) is 0.222. The van der Waals surface area contributed by atoms with Crippen LogP contribution in [0.4, 0.5) is 5.69 Å². The minimum atomic E-state index is -3.56. The van der Waals surface area contributed by atoms with E-state index < -0.39 is 15.3 Å². The van der Waals surface area contributed by atoms with Gasteiger partial charge in [0.1, 0.15) is 5.52 Å². The van der Waals surface area contributed by atoms with Crippen molar-refractivity contribution in [2.24, 2.45) is 0 Å². The van der Waals surface area contributed by atoms with Gasteiger partial charge in [0, 0.05) is 24.3 Å². The smallest absolute Gasteiger partial charge is 0.257 e. The molecule has 0 spiro atoms. The number of oxazole rings is 1. The van der Waals surface area contributed by atoms with Crippen LogP contribution in [0.25, 0.3) is 11.1 Å². The molecule has 0 radical (unpaired) electrons. The highest BCUT2D eigenvalue weighted by Crippen LogP contribution is 2.29. The van der Waals surface area contributed by atoms with E-state index in [9.17, 15) is 13.2 Å². The predicted octanol–water partition coefficient (Wildman–Crippen LogP) is 3.96. The zero-order valence-electron chi connectivity index (χ0n) is 15.3. The van der Waals surface area contributed by atoms with Gasteiger partial charge in [0.2, 0.25) is 15.9 Å². The van der Waals surface area contributed by atoms with Crippen LogP contribution in [-0.4, -0.2) is 43.0 Å². The van der Waals surface area contributed by atoms with E-state index in [-0.39, 0.29) is 10.8 Å². The predicted molar refractivity (Wildman–Crippen MR) is 113 cm³/mol. The lowest BCUT2D eigenvalue weighted by molar-refractivity contribution is -0.115. The highest BCUT2D eigenvalue weighted by atomic mass is 79.9. The number of amides is 1. The van der Waals surface area contributed by atoms with E-state index >= 15 is 0 Å². The summed E-state index contributed by atoms with van der Waals surface area (Å²) in [5, 5.41) is 2.67. The largest absolute Gasteiger partial charge is 0.431 e. The Balaban J connectivity index is 1.74. The third-order valence-corrected chi connectivity index (χ3v) is 7.16. The first-order valence-corrected chi connectivity index (χ1v) is 11.3. The zero-order chi connectivity index (χ0) is 20.5. The molecule has 1 aromatic heterocycles.